The van der Waals surface area contributed by atoms with Gasteiger partial charge in [-0.15, -0.1) is 0 Å². The number of hydrogen-bond donors (Lipinski definition) is 3. The number of nitrogens with zero attached hydrogens (tertiary/aromatic N) is 3. The summed E-state index contributed by atoms with van der Waals surface area (Å²) in [6, 6.07) is 7.81. The second kappa shape index (κ2) is 9.57. The Balaban J connectivity index is 1.48. The van der Waals surface area contributed by atoms with E-state index in [0.717, 1.165) is 42.7 Å². The fraction of sp³-hybridized carbons (Fsp3) is 0.458. The zero-order valence-corrected chi connectivity index (χ0v) is 20.3. The molecule has 4 rings (SSSR count). The van der Waals surface area contributed by atoms with Gasteiger partial charge in [0.05, 0.1) is 16.9 Å². The van der Waals surface area contributed by atoms with Crippen molar-refractivity contribution in [3.8, 4) is 17.1 Å². The molecular formula is C24H31ClN6O2. The van der Waals surface area contributed by atoms with Gasteiger partial charge < -0.3 is 25.3 Å². The first-order chi connectivity index (χ1) is 15.7. The zero-order valence-electron chi connectivity index (χ0n) is 19.5. The van der Waals surface area contributed by atoms with Gasteiger partial charge in [0.15, 0.2) is 12.3 Å². The fourth-order valence-corrected chi connectivity index (χ4v) is 4.07. The first-order valence-corrected chi connectivity index (χ1v) is 11.6. The zero-order chi connectivity index (χ0) is 23.6. The Morgan fingerprint density at radius 2 is 1.94 bits per heavy atom. The number of hydrogen-bond acceptors (Lipinski definition) is 6. The van der Waals surface area contributed by atoms with Crippen LogP contribution < -0.4 is 15.4 Å². The summed E-state index contributed by atoms with van der Waals surface area (Å²) in [6.07, 6.45) is 3.77. The predicted molar refractivity (Wildman–Crippen MR) is 132 cm³/mol. The van der Waals surface area contributed by atoms with E-state index < -0.39 is 0 Å². The molecule has 0 radical (unpaired) electrons. The maximum absolute atomic E-state index is 12.0. The molecule has 9 heteroatoms. The van der Waals surface area contributed by atoms with Gasteiger partial charge in [0.2, 0.25) is 0 Å². The van der Waals surface area contributed by atoms with Crippen molar-refractivity contribution in [3.05, 3.63) is 35.5 Å². The van der Waals surface area contributed by atoms with Crippen molar-refractivity contribution in [2.24, 2.45) is 0 Å². The first kappa shape index (κ1) is 23.3. The van der Waals surface area contributed by atoms with E-state index in [-0.39, 0.29) is 18.1 Å². The highest BCUT2D eigenvalue weighted by Gasteiger charge is 2.20. The molecule has 3 aromatic rings. The second-order valence-electron chi connectivity index (χ2n) is 9.60. The lowest BCUT2D eigenvalue weighted by molar-refractivity contribution is -0.124. The first-order valence-electron chi connectivity index (χ1n) is 11.2. The summed E-state index contributed by atoms with van der Waals surface area (Å²) >= 11 is 6.49. The highest BCUT2D eigenvalue weighted by atomic mass is 35.5. The Hall–Kier alpha value is -2.84. The van der Waals surface area contributed by atoms with E-state index in [1.807, 2.05) is 45.0 Å². The van der Waals surface area contributed by atoms with Crippen LogP contribution in [0.4, 0.5) is 5.69 Å². The largest absolute Gasteiger partial charge is 0.484 e. The number of rotatable bonds is 6. The van der Waals surface area contributed by atoms with Crippen molar-refractivity contribution in [3.63, 3.8) is 0 Å². The SMILES string of the molecule is CN1CCC(Nc2c(Cl)cnc3[nH]c(-c4ccc(OCC(=O)NC(C)(C)C)cc4)nc23)CC1. The minimum absolute atomic E-state index is 0.0321. The number of pyridine rings is 1. The van der Waals surface area contributed by atoms with Crippen molar-refractivity contribution in [2.75, 3.05) is 32.1 Å². The van der Waals surface area contributed by atoms with Crippen LogP contribution in [-0.4, -0.2) is 64.1 Å². The molecule has 1 aliphatic rings. The lowest BCUT2D eigenvalue weighted by Gasteiger charge is -2.30. The number of carbonyl (C=O) groups excluding carboxylic acids is 1. The van der Waals surface area contributed by atoms with Gasteiger partial charge in [-0.2, -0.15) is 0 Å². The van der Waals surface area contributed by atoms with Gasteiger partial charge in [-0.3, -0.25) is 4.79 Å². The van der Waals surface area contributed by atoms with E-state index in [4.69, 9.17) is 21.3 Å². The van der Waals surface area contributed by atoms with Gasteiger partial charge in [0.25, 0.3) is 5.91 Å². The lowest BCUT2D eigenvalue weighted by Crippen LogP contribution is -2.43. The van der Waals surface area contributed by atoms with Gasteiger partial charge in [-0.05, 0) is 78.0 Å². The van der Waals surface area contributed by atoms with Crippen molar-refractivity contribution < 1.29 is 9.53 Å². The number of likely N-dealkylation sites (tertiary alicyclic amines) is 1. The van der Waals surface area contributed by atoms with E-state index in [1.54, 1.807) is 6.20 Å². The Morgan fingerprint density at radius 1 is 1.24 bits per heavy atom. The van der Waals surface area contributed by atoms with Crippen LogP contribution in [-0.2, 0) is 4.79 Å². The number of carbonyl (C=O) groups is 1. The molecule has 0 atom stereocenters. The third kappa shape index (κ3) is 5.94. The van der Waals surface area contributed by atoms with E-state index in [2.05, 4.69) is 32.5 Å². The number of fused-ring (bicyclic) bond motifs is 1. The maximum Gasteiger partial charge on any atom is 0.258 e. The minimum Gasteiger partial charge on any atom is -0.484 e. The third-order valence-electron chi connectivity index (χ3n) is 5.55. The number of piperidine rings is 1. The maximum atomic E-state index is 12.0. The van der Waals surface area contributed by atoms with Crippen LogP contribution in [0.25, 0.3) is 22.6 Å². The fourth-order valence-electron chi connectivity index (χ4n) is 3.87. The minimum atomic E-state index is -0.288. The third-order valence-corrected chi connectivity index (χ3v) is 5.83. The Bertz CT molecular complexity index is 1110. The van der Waals surface area contributed by atoms with E-state index >= 15 is 0 Å². The molecule has 0 unspecified atom stereocenters. The van der Waals surface area contributed by atoms with Crippen molar-refractivity contribution in [1.82, 2.24) is 25.2 Å². The van der Waals surface area contributed by atoms with Crippen LogP contribution >= 0.6 is 11.6 Å². The number of benzene rings is 1. The summed E-state index contributed by atoms with van der Waals surface area (Å²) in [6.45, 7) is 7.89. The van der Waals surface area contributed by atoms with Crippen LogP contribution in [0.1, 0.15) is 33.6 Å². The molecule has 176 valence electrons. The molecule has 3 heterocycles. The number of anilines is 1. The topological polar surface area (TPSA) is 95.2 Å². The van der Waals surface area contributed by atoms with Crippen molar-refractivity contribution in [2.45, 2.75) is 45.2 Å². The molecule has 0 spiro atoms. The summed E-state index contributed by atoms with van der Waals surface area (Å²) in [5, 5.41) is 7.04. The van der Waals surface area contributed by atoms with Crippen LogP contribution in [0.15, 0.2) is 30.5 Å². The number of imidazole rings is 1. The monoisotopic (exact) mass is 470 g/mol. The van der Waals surface area contributed by atoms with Crippen molar-refractivity contribution >= 4 is 34.4 Å². The summed E-state index contributed by atoms with van der Waals surface area (Å²) in [5.74, 6) is 1.16. The molecule has 0 bridgehead atoms. The molecule has 1 aromatic carbocycles. The molecule has 8 nitrogen and oxygen atoms in total. The molecule has 2 aromatic heterocycles. The van der Waals surface area contributed by atoms with Gasteiger partial charge in [-0.25, -0.2) is 9.97 Å². The quantitative estimate of drug-likeness (QED) is 0.502. The van der Waals surface area contributed by atoms with Crippen LogP contribution in [0.3, 0.4) is 0 Å². The molecular weight excluding hydrogens is 440 g/mol. The second-order valence-corrected chi connectivity index (χ2v) is 10.0. The van der Waals surface area contributed by atoms with Gasteiger partial charge in [-0.1, -0.05) is 11.6 Å². The summed E-state index contributed by atoms with van der Waals surface area (Å²) < 4.78 is 5.60. The number of aromatic nitrogens is 3. The molecule has 0 aliphatic carbocycles. The van der Waals surface area contributed by atoms with Crippen LogP contribution in [0.5, 0.6) is 5.75 Å². The van der Waals surface area contributed by atoms with Crippen LogP contribution in [0.2, 0.25) is 5.02 Å². The summed E-state index contributed by atoms with van der Waals surface area (Å²) in [4.78, 5) is 26.8. The Kier molecular flexibility index (Phi) is 6.76. The molecule has 1 aliphatic heterocycles. The molecule has 3 N–H and O–H groups in total. The predicted octanol–water partition coefficient (Wildman–Crippen LogP) is 4.08. The average molecular weight is 471 g/mol. The van der Waals surface area contributed by atoms with Crippen LogP contribution in [0, 0.1) is 0 Å². The Labute approximate surface area is 199 Å². The summed E-state index contributed by atoms with van der Waals surface area (Å²) in [5.41, 5.74) is 2.84. The van der Waals surface area contributed by atoms with Crippen molar-refractivity contribution in [1.29, 1.82) is 0 Å². The number of aromatic amines is 1. The van der Waals surface area contributed by atoms with E-state index in [9.17, 15) is 4.79 Å². The average Bonchev–Trinajstić information content (AvgIpc) is 3.19. The molecule has 1 amide bonds. The number of halogens is 1. The lowest BCUT2D eigenvalue weighted by atomic mass is 10.1. The van der Waals surface area contributed by atoms with Gasteiger partial charge in [0.1, 0.15) is 17.1 Å². The number of nitrogens with one attached hydrogen (secondary N) is 3. The highest BCUT2D eigenvalue weighted by Crippen LogP contribution is 2.32. The molecule has 1 saturated heterocycles. The normalized spacial score (nSPS) is 15.5. The van der Waals surface area contributed by atoms with Gasteiger partial charge in [0, 0.05) is 17.1 Å². The standard InChI is InChI=1S/C24H31ClN6O2/c1-24(2,3)30-19(32)14-33-17-7-5-15(6-8-17)22-28-21-20(18(25)13-26-23(21)29-22)27-16-9-11-31(4)12-10-16/h5-8,13,16H,9-12,14H2,1-4H3,(H,30,32)(H2,26,27,28,29). The number of ether oxygens (including phenoxy) is 1. The smallest absolute Gasteiger partial charge is 0.258 e. The number of amides is 1. The molecule has 33 heavy (non-hydrogen) atoms. The van der Waals surface area contributed by atoms with E-state index in [0.29, 0.717) is 28.3 Å². The number of H-pyrrole nitrogens is 1. The highest BCUT2D eigenvalue weighted by molar-refractivity contribution is 6.34. The molecule has 0 saturated carbocycles. The Morgan fingerprint density at radius 3 is 2.61 bits per heavy atom. The molecule has 1 fully saturated rings. The van der Waals surface area contributed by atoms with E-state index in [1.165, 1.54) is 0 Å². The summed E-state index contributed by atoms with van der Waals surface area (Å²) in [7, 11) is 2.14. The van der Waals surface area contributed by atoms with Gasteiger partial charge >= 0.3 is 0 Å².